The molecule has 27 heavy (non-hydrogen) atoms. The van der Waals surface area contributed by atoms with Crippen molar-refractivity contribution in [2.75, 3.05) is 20.1 Å². The molecule has 1 fully saturated rings. The Morgan fingerprint density at radius 1 is 0.963 bits per heavy atom. The van der Waals surface area contributed by atoms with Crippen molar-refractivity contribution >= 4 is 11.8 Å². The molecule has 1 heterocycles. The average molecular weight is 372 g/mol. The van der Waals surface area contributed by atoms with Crippen LogP contribution in [0.25, 0.3) is 0 Å². The van der Waals surface area contributed by atoms with Gasteiger partial charge in [0.2, 0.25) is 0 Å². The molecule has 0 aliphatic carbocycles. The summed E-state index contributed by atoms with van der Waals surface area (Å²) in [5.74, 6) is -1.31. The van der Waals surface area contributed by atoms with Crippen LogP contribution in [0.1, 0.15) is 40.0 Å². The van der Waals surface area contributed by atoms with Crippen LogP contribution >= 0.6 is 0 Å². The normalized spacial score (nSPS) is 17.3. The maximum absolute atomic E-state index is 13.4. The van der Waals surface area contributed by atoms with Gasteiger partial charge in [-0.2, -0.15) is 0 Å². The molecule has 0 saturated carbocycles. The van der Waals surface area contributed by atoms with E-state index in [4.69, 9.17) is 0 Å². The summed E-state index contributed by atoms with van der Waals surface area (Å²) in [6.45, 7) is 1.05. The Kier molecular flexibility index (Phi) is 5.84. The van der Waals surface area contributed by atoms with Gasteiger partial charge in [0.25, 0.3) is 11.8 Å². The molecule has 2 aromatic rings. The van der Waals surface area contributed by atoms with Crippen molar-refractivity contribution in [3.63, 3.8) is 0 Å². The van der Waals surface area contributed by atoms with Crippen molar-refractivity contribution in [3.05, 3.63) is 71.3 Å². The van der Waals surface area contributed by atoms with Crippen LogP contribution in [0.15, 0.2) is 48.5 Å². The van der Waals surface area contributed by atoms with E-state index in [0.717, 1.165) is 12.8 Å². The van der Waals surface area contributed by atoms with Gasteiger partial charge in [-0.05, 0) is 55.7 Å². The smallest absolute Gasteiger partial charge is 0.253 e. The van der Waals surface area contributed by atoms with E-state index in [9.17, 15) is 18.4 Å². The van der Waals surface area contributed by atoms with E-state index in [2.05, 4.69) is 0 Å². The van der Waals surface area contributed by atoms with E-state index >= 15 is 0 Å². The number of rotatable bonds is 3. The zero-order chi connectivity index (χ0) is 19.4. The Balaban J connectivity index is 1.65. The second-order valence-corrected chi connectivity index (χ2v) is 6.81. The summed E-state index contributed by atoms with van der Waals surface area (Å²) in [6.07, 6.45) is 2.12. The molecule has 0 bridgehead atoms. The number of benzene rings is 2. The van der Waals surface area contributed by atoms with Crippen molar-refractivity contribution in [1.82, 2.24) is 9.80 Å². The number of carbonyl (C=O) groups is 2. The third kappa shape index (κ3) is 4.51. The molecule has 1 aliphatic rings. The van der Waals surface area contributed by atoms with Gasteiger partial charge in [0.15, 0.2) is 0 Å². The summed E-state index contributed by atoms with van der Waals surface area (Å²) in [5.41, 5.74) is 0.645. The first kappa shape index (κ1) is 19.0. The van der Waals surface area contributed by atoms with Crippen molar-refractivity contribution < 1.29 is 18.4 Å². The minimum absolute atomic E-state index is 0.0360. The predicted octanol–water partition coefficient (Wildman–Crippen LogP) is 3.73. The molecular weight excluding hydrogens is 350 g/mol. The first-order valence-electron chi connectivity index (χ1n) is 9.03. The molecule has 2 amide bonds. The minimum atomic E-state index is -0.443. The third-order valence-corrected chi connectivity index (χ3v) is 5.00. The first-order valence-corrected chi connectivity index (χ1v) is 9.03. The number of carbonyl (C=O) groups excluding carboxylic acids is 2. The molecule has 3 rings (SSSR count). The van der Waals surface area contributed by atoms with E-state index in [1.54, 1.807) is 29.0 Å². The van der Waals surface area contributed by atoms with E-state index in [1.807, 2.05) is 0 Å². The molecular formula is C21H22F2N2O2. The standard InChI is InChI=1S/C21H22F2N2O2/c1-24(20(26)15-5-2-7-17(22)13-15)19-9-4-11-25(12-10-19)21(27)16-6-3-8-18(23)14-16/h2-3,5-8,13-14,19H,4,9-12H2,1H3. The Hall–Kier alpha value is -2.76. The molecule has 2 aromatic carbocycles. The van der Waals surface area contributed by atoms with Gasteiger partial charge in [0.1, 0.15) is 11.6 Å². The topological polar surface area (TPSA) is 40.6 Å². The Morgan fingerprint density at radius 3 is 2.26 bits per heavy atom. The van der Waals surface area contributed by atoms with Crippen molar-refractivity contribution in [1.29, 1.82) is 0 Å². The van der Waals surface area contributed by atoms with Crippen LogP contribution in [-0.4, -0.2) is 47.8 Å². The van der Waals surface area contributed by atoms with Gasteiger partial charge in [-0.15, -0.1) is 0 Å². The number of nitrogens with zero attached hydrogens (tertiary/aromatic N) is 2. The van der Waals surface area contributed by atoms with Gasteiger partial charge in [-0.1, -0.05) is 12.1 Å². The van der Waals surface area contributed by atoms with Gasteiger partial charge >= 0.3 is 0 Å². The second-order valence-electron chi connectivity index (χ2n) is 6.81. The summed E-state index contributed by atoms with van der Waals surface area (Å²) >= 11 is 0. The number of amides is 2. The Bertz CT molecular complexity index is 840. The number of hydrogen-bond acceptors (Lipinski definition) is 2. The van der Waals surface area contributed by atoms with Crippen molar-refractivity contribution in [3.8, 4) is 0 Å². The Labute approximate surface area is 157 Å². The van der Waals surface area contributed by atoms with Crippen LogP contribution in [0.3, 0.4) is 0 Å². The van der Waals surface area contributed by atoms with E-state index < -0.39 is 11.6 Å². The summed E-state index contributed by atoms with van der Waals surface area (Å²) < 4.78 is 26.8. The van der Waals surface area contributed by atoms with Crippen LogP contribution < -0.4 is 0 Å². The number of halogens is 2. The highest BCUT2D eigenvalue weighted by Gasteiger charge is 2.26. The lowest BCUT2D eigenvalue weighted by Gasteiger charge is -2.27. The lowest BCUT2D eigenvalue weighted by Crippen LogP contribution is -2.38. The summed E-state index contributed by atoms with van der Waals surface area (Å²) in [7, 11) is 1.71. The largest absolute Gasteiger partial charge is 0.339 e. The van der Waals surface area contributed by atoms with Crippen molar-refractivity contribution in [2.45, 2.75) is 25.3 Å². The highest BCUT2D eigenvalue weighted by molar-refractivity contribution is 5.95. The molecule has 0 spiro atoms. The summed E-state index contributed by atoms with van der Waals surface area (Å²) in [4.78, 5) is 28.6. The number of likely N-dealkylation sites (tertiary alicyclic amines) is 1. The summed E-state index contributed by atoms with van der Waals surface area (Å²) in [5, 5.41) is 0. The fraction of sp³-hybridized carbons (Fsp3) is 0.333. The predicted molar refractivity (Wildman–Crippen MR) is 98.4 cm³/mol. The van der Waals surface area contributed by atoms with Crippen LogP contribution in [0.5, 0.6) is 0 Å². The highest BCUT2D eigenvalue weighted by atomic mass is 19.1. The SMILES string of the molecule is CN(C(=O)c1cccc(F)c1)C1CCCN(C(=O)c2cccc(F)c2)CC1. The summed E-state index contributed by atoms with van der Waals surface area (Å²) in [6, 6.07) is 11.3. The quantitative estimate of drug-likeness (QED) is 0.824. The average Bonchev–Trinajstić information content (AvgIpc) is 2.92. The molecule has 142 valence electrons. The first-order chi connectivity index (χ1) is 13.0. The molecule has 0 radical (unpaired) electrons. The zero-order valence-corrected chi connectivity index (χ0v) is 15.2. The van der Waals surface area contributed by atoms with E-state index in [0.29, 0.717) is 30.6 Å². The van der Waals surface area contributed by atoms with Gasteiger partial charge < -0.3 is 9.80 Å². The van der Waals surface area contributed by atoms with Crippen LogP contribution in [0.4, 0.5) is 8.78 Å². The molecule has 1 saturated heterocycles. The van der Waals surface area contributed by atoms with Crippen LogP contribution in [0.2, 0.25) is 0 Å². The maximum atomic E-state index is 13.4. The number of hydrogen-bond donors (Lipinski definition) is 0. The second kappa shape index (κ2) is 8.29. The van der Waals surface area contributed by atoms with E-state index in [1.165, 1.54) is 36.4 Å². The lowest BCUT2D eigenvalue weighted by atomic mass is 10.1. The molecule has 0 N–H and O–H groups in total. The van der Waals surface area contributed by atoms with Gasteiger partial charge in [0, 0.05) is 37.3 Å². The highest BCUT2D eigenvalue weighted by Crippen LogP contribution is 2.20. The van der Waals surface area contributed by atoms with E-state index in [-0.39, 0.29) is 17.9 Å². The fourth-order valence-corrected chi connectivity index (χ4v) is 3.46. The van der Waals surface area contributed by atoms with Crippen LogP contribution in [0, 0.1) is 11.6 Å². The molecule has 1 atom stereocenters. The van der Waals surface area contributed by atoms with Gasteiger partial charge in [-0.25, -0.2) is 8.78 Å². The molecule has 1 aliphatic heterocycles. The van der Waals surface area contributed by atoms with Gasteiger partial charge in [-0.3, -0.25) is 9.59 Å². The van der Waals surface area contributed by atoms with Crippen LogP contribution in [-0.2, 0) is 0 Å². The monoisotopic (exact) mass is 372 g/mol. The maximum Gasteiger partial charge on any atom is 0.253 e. The molecule has 0 aromatic heterocycles. The zero-order valence-electron chi connectivity index (χ0n) is 15.2. The lowest BCUT2D eigenvalue weighted by molar-refractivity contribution is 0.0709. The molecule has 6 heteroatoms. The van der Waals surface area contributed by atoms with Gasteiger partial charge in [0.05, 0.1) is 0 Å². The molecule has 1 unspecified atom stereocenters. The Morgan fingerprint density at radius 2 is 1.59 bits per heavy atom. The fourth-order valence-electron chi connectivity index (χ4n) is 3.46. The molecule has 4 nitrogen and oxygen atoms in total. The van der Waals surface area contributed by atoms with Crippen molar-refractivity contribution in [2.24, 2.45) is 0 Å². The third-order valence-electron chi connectivity index (χ3n) is 5.00. The minimum Gasteiger partial charge on any atom is -0.339 e.